The van der Waals surface area contributed by atoms with Crippen LogP contribution in [-0.4, -0.2) is 19.9 Å². The molecule has 0 saturated heterocycles. The largest absolute Gasteiger partial charge is 0.264 e. The van der Waals surface area contributed by atoms with Gasteiger partial charge in [-0.2, -0.15) is 0 Å². The van der Waals surface area contributed by atoms with Crippen molar-refractivity contribution in [2.75, 3.05) is 0 Å². The molecule has 4 aromatic rings. The third kappa shape index (κ3) is 2.65. The molecule has 0 radical (unpaired) electrons. The van der Waals surface area contributed by atoms with Gasteiger partial charge in [-0.3, -0.25) is 9.97 Å². The Hall–Kier alpha value is -3.40. The number of aromatic nitrogens is 4. The fraction of sp³-hybridized carbons (Fsp3) is 0. The lowest BCUT2D eigenvalue weighted by Crippen LogP contribution is -1.94. The molecule has 24 heavy (non-hydrogen) atoms. The summed E-state index contributed by atoms with van der Waals surface area (Å²) in [6.07, 6.45) is 10.8. The van der Waals surface area contributed by atoms with Crippen molar-refractivity contribution in [3.63, 3.8) is 0 Å². The SMILES string of the molecule is c1cnc(-c2cccc(-c3cccnc3)c2-c2cccnc2)nc1. The molecule has 3 aromatic heterocycles. The van der Waals surface area contributed by atoms with Gasteiger partial charge in [0.05, 0.1) is 0 Å². The molecule has 0 N–H and O–H groups in total. The Morgan fingerprint density at radius 1 is 0.542 bits per heavy atom. The first-order valence-electron chi connectivity index (χ1n) is 7.65. The Balaban J connectivity index is 2.02. The van der Waals surface area contributed by atoms with Crippen molar-refractivity contribution in [3.8, 4) is 33.6 Å². The van der Waals surface area contributed by atoms with Crippen LogP contribution in [0.2, 0.25) is 0 Å². The molecule has 4 rings (SSSR count). The van der Waals surface area contributed by atoms with Crippen LogP contribution in [0.3, 0.4) is 0 Å². The van der Waals surface area contributed by atoms with Gasteiger partial charge in [-0.05, 0) is 23.8 Å². The fourth-order valence-electron chi connectivity index (χ4n) is 2.76. The van der Waals surface area contributed by atoms with Gasteiger partial charge in [-0.25, -0.2) is 9.97 Å². The van der Waals surface area contributed by atoms with Gasteiger partial charge in [0.25, 0.3) is 0 Å². The zero-order valence-electron chi connectivity index (χ0n) is 12.9. The zero-order chi connectivity index (χ0) is 16.2. The molecule has 3 heterocycles. The Bertz CT molecular complexity index is 881. The third-order valence-electron chi connectivity index (χ3n) is 3.79. The molecule has 1 aromatic carbocycles. The van der Waals surface area contributed by atoms with Crippen molar-refractivity contribution in [1.82, 2.24) is 19.9 Å². The number of hydrogen-bond acceptors (Lipinski definition) is 4. The van der Waals surface area contributed by atoms with E-state index in [4.69, 9.17) is 0 Å². The molecule has 4 heteroatoms. The maximum absolute atomic E-state index is 4.42. The molecule has 114 valence electrons. The van der Waals surface area contributed by atoms with E-state index in [1.54, 1.807) is 24.8 Å². The Morgan fingerprint density at radius 2 is 1.21 bits per heavy atom. The molecule has 0 aliphatic carbocycles. The van der Waals surface area contributed by atoms with Crippen molar-refractivity contribution in [1.29, 1.82) is 0 Å². The molecule has 0 amide bonds. The van der Waals surface area contributed by atoms with E-state index in [0.29, 0.717) is 5.82 Å². The van der Waals surface area contributed by atoms with Crippen LogP contribution in [0.15, 0.2) is 85.7 Å². The summed E-state index contributed by atoms with van der Waals surface area (Å²) in [6, 6.07) is 15.9. The van der Waals surface area contributed by atoms with E-state index in [1.165, 1.54) is 0 Å². The monoisotopic (exact) mass is 310 g/mol. The second-order valence-corrected chi connectivity index (χ2v) is 5.28. The van der Waals surface area contributed by atoms with Crippen LogP contribution in [0.1, 0.15) is 0 Å². The van der Waals surface area contributed by atoms with Gasteiger partial charge in [0.2, 0.25) is 0 Å². The van der Waals surface area contributed by atoms with Crippen LogP contribution < -0.4 is 0 Å². The number of rotatable bonds is 3. The quantitative estimate of drug-likeness (QED) is 0.567. The van der Waals surface area contributed by atoms with Crippen LogP contribution in [0, 0.1) is 0 Å². The fourth-order valence-corrected chi connectivity index (χ4v) is 2.76. The number of hydrogen-bond donors (Lipinski definition) is 0. The van der Waals surface area contributed by atoms with Crippen LogP contribution in [0.25, 0.3) is 33.6 Å². The van der Waals surface area contributed by atoms with E-state index >= 15 is 0 Å². The van der Waals surface area contributed by atoms with Crippen molar-refractivity contribution < 1.29 is 0 Å². The highest BCUT2D eigenvalue weighted by atomic mass is 14.9. The van der Waals surface area contributed by atoms with E-state index in [1.807, 2.05) is 42.7 Å². The van der Waals surface area contributed by atoms with Gasteiger partial charge in [0.15, 0.2) is 5.82 Å². The van der Waals surface area contributed by atoms with Gasteiger partial charge >= 0.3 is 0 Å². The van der Waals surface area contributed by atoms with E-state index in [-0.39, 0.29) is 0 Å². The summed E-state index contributed by atoms with van der Waals surface area (Å²) in [5.41, 5.74) is 5.20. The predicted octanol–water partition coefficient (Wildman–Crippen LogP) is 4.27. The highest BCUT2D eigenvalue weighted by Crippen LogP contribution is 2.38. The third-order valence-corrected chi connectivity index (χ3v) is 3.79. The number of benzene rings is 1. The number of nitrogens with zero attached hydrogens (tertiary/aromatic N) is 4. The first-order valence-corrected chi connectivity index (χ1v) is 7.65. The first kappa shape index (κ1) is 14.2. The highest BCUT2D eigenvalue weighted by molar-refractivity contribution is 5.92. The summed E-state index contributed by atoms with van der Waals surface area (Å²) in [5.74, 6) is 0.696. The van der Waals surface area contributed by atoms with Crippen molar-refractivity contribution in [3.05, 3.63) is 85.7 Å². The summed E-state index contributed by atoms with van der Waals surface area (Å²) in [7, 11) is 0. The minimum atomic E-state index is 0.696. The second kappa shape index (κ2) is 6.38. The molecule has 0 aliphatic rings. The standard InChI is InChI=1S/C20H14N4/c1-7-17(15-5-2-9-21-13-15)19(16-6-3-10-22-14-16)18(8-1)20-23-11-4-12-24-20/h1-14H. The molecule has 0 saturated carbocycles. The van der Waals surface area contributed by atoms with Crippen LogP contribution in [-0.2, 0) is 0 Å². The van der Waals surface area contributed by atoms with E-state index in [0.717, 1.165) is 27.8 Å². The average Bonchev–Trinajstić information content (AvgIpc) is 2.69. The molecular weight excluding hydrogens is 296 g/mol. The molecule has 0 atom stereocenters. The Morgan fingerprint density at radius 3 is 1.88 bits per heavy atom. The van der Waals surface area contributed by atoms with E-state index in [2.05, 4.69) is 38.1 Å². The lowest BCUT2D eigenvalue weighted by atomic mass is 9.91. The summed E-state index contributed by atoms with van der Waals surface area (Å²) in [5, 5.41) is 0. The Kier molecular flexibility index (Phi) is 3.78. The topological polar surface area (TPSA) is 51.6 Å². The normalized spacial score (nSPS) is 10.5. The lowest BCUT2D eigenvalue weighted by Gasteiger charge is -2.14. The first-order chi connectivity index (χ1) is 11.9. The number of pyridine rings is 2. The molecule has 0 unspecified atom stereocenters. The minimum absolute atomic E-state index is 0.696. The highest BCUT2D eigenvalue weighted by Gasteiger charge is 2.15. The maximum atomic E-state index is 4.42. The summed E-state index contributed by atoms with van der Waals surface area (Å²) < 4.78 is 0. The smallest absolute Gasteiger partial charge is 0.159 e. The summed E-state index contributed by atoms with van der Waals surface area (Å²) >= 11 is 0. The van der Waals surface area contributed by atoms with Crippen LogP contribution in [0.4, 0.5) is 0 Å². The van der Waals surface area contributed by atoms with Crippen LogP contribution >= 0.6 is 0 Å². The average molecular weight is 310 g/mol. The Labute approximate surface area is 139 Å². The molecule has 0 spiro atoms. The van der Waals surface area contributed by atoms with Gasteiger partial charge in [0, 0.05) is 59.4 Å². The summed E-state index contributed by atoms with van der Waals surface area (Å²) in [6.45, 7) is 0. The van der Waals surface area contributed by atoms with Gasteiger partial charge in [-0.15, -0.1) is 0 Å². The zero-order valence-corrected chi connectivity index (χ0v) is 12.9. The van der Waals surface area contributed by atoms with Crippen molar-refractivity contribution >= 4 is 0 Å². The van der Waals surface area contributed by atoms with Crippen molar-refractivity contribution in [2.45, 2.75) is 0 Å². The van der Waals surface area contributed by atoms with E-state index < -0.39 is 0 Å². The van der Waals surface area contributed by atoms with E-state index in [9.17, 15) is 0 Å². The molecular formula is C20H14N4. The molecule has 4 nitrogen and oxygen atoms in total. The molecule has 0 fully saturated rings. The van der Waals surface area contributed by atoms with Crippen LogP contribution in [0.5, 0.6) is 0 Å². The molecule has 0 aliphatic heterocycles. The second-order valence-electron chi connectivity index (χ2n) is 5.28. The van der Waals surface area contributed by atoms with Gasteiger partial charge in [-0.1, -0.05) is 30.3 Å². The van der Waals surface area contributed by atoms with Gasteiger partial charge in [0.1, 0.15) is 0 Å². The van der Waals surface area contributed by atoms with Crippen molar-refractivity contribution in [2.24, 2.45) is 0 Å². The predicted molar refractivity (Wildman–Crippen MR) is 93.9 cm³/mol. The summed E-state index contributed by atoms with van der Waals surface area (Å²) in [4.78, 5) is 17.4. The van der Waals surface area contributed by atoms with Gasteiger partial charge < -0.3 is 0 Å². The maximum Gasteiger partial charge on any atom is 0.159 e. The minimum Gasteiger partial charge on any atom is -0.264 e. The lowest BCUT2D eigenvalue weighted by molar-refractivity contribution is 1.18. The molecule has 0 bridgehead atoms.